The Balaban J connectivity index is 2.03. The highest BCUT2D eigenvalue weighted by molar-refractivity contribution is 7.13. The van der Waals surface area contributed by atoms with Gasteiger partial charge in [0.1, 0.15) is 9.88 Å². The van der Waals surface area contributed by atoms with Crippen LogP contribution in [0.1, 0.15) is 66.1 Å². The van der Waals surface area contributed by atoms with Gasteiger partial charge in [0.15, 0.2) is 5.96 Å². The molecular weight excluding hydrogens is 402 g/mol. The van der Waals surface area contributed by atoms with Gasteiger partial charge in [-0.3, -0.25) is 0 Å². The van der Waals surface area contributed by atoms with Gasteiger partial charge in [-0.25, -0.2) is 19.8 Å². The number of guanidine groups is 1. The maximum atomic E-state index is 12.0. The number of nitrogens with zero attached hydrogens (tertiary/aromatic N) is 3. The van der Waals surface area contributed by atoms with Crippen LogP contribution in [0, 0.1) is 6.92 Å². The molecule has 1 atom stereocenters. The normalized spacial score (nSPS) is 12.4. The molecule has 30 heavy (non-hydrogen) atoms. The van der Waals surface area contributed by atoms with Crippen LogP contribution < -0.4 is 15.4 Å². The zero-order valence-corrected chi connectivity index (χ0v) is 19.1. The Morgan fingerprint density at radius 2 is 2.10 bits per heavy atom. The van der Waals surface area contributed by atoms with Crippen molar-refractivity contribution in [2.75, 3.05) is 19.8 Å². The molecule has 0 fully saturated rings. The first-order chi connectivity index (χ1) is 14.5. The monoisotopic (exact) mass is 433 g/mol. The van der Waals surface area contributed by atoms with Crippen molar-refractivity contribution in [3.05, 3.63) is 39.5 Å². The molecule has 2 aromatic rings. The maximum Gasteiger partial charge on any atom is 0.350 e. The third-order valence-electron chi connectivity index (χ3n) is 4.01. The van der Waals surface area contributed by atoms with Crippen LogP contribution in [-0.2, 0) is 11.3 Å². The molecule has 9 heteroatoms. The van der Waals surface area contributed by atoms with E-state index in [1.807, 2.05) is 32.9 Å². The van der Waals surface area contributed by atoms with E-state index in [1.165, 1.54) is 11.3 Å². The Bertz CT molecular complexity index is 836. The molecule has 2 heterocycles. The first kappa shape index (κ1) is 23.6. The molecule has 164 valence electrons. The highest BCUT2D eigenvalue weighted by Gasteiger charge is 2.20. The minimum absolute atomic E-state index is 0.113. The first-order valence-corrected chi connectivity index (χ1v) is 11.1. The minimum atomic E-state index is -0.328. The van der Waals surface area contributed by atoms with Crippen molar-refractivity contribution in [3.8, 4) is 5.88 Å². The number of thiazole rings is 1. The zero-order valence-electron chi connectivity index (χ0n) is 18.3. The quantitative estimate of drug-likeness (QED) is 0.335. The Morgan fingerprint density at radius 3 is 2.73 bits per heavy atom. The van der Waals surface area contributed by atoms with Gasteiger partial charge >= 0.3 is 5.97 Å². The molecule has 0 spiro atoms. The van der Waals surface area contributed by atoms with Gasteiger partial charge in [-0.05, 0) is 39.7 Å². The molecule has 0 radical (unpaired) electrons. The predicted molar refractivity (Wildman–Crippen MR) is 119 cm³/mol. The number of esters is 1. The summed E-state index contributed by atoms with van der Waals surface area (Å²) in [6, 6.07) is 3.71. The van der Waals surface area contributed by atoms with E-state index >= 15 is 0 Å². The lowest BCUT2D eigenvalue weighted by Crippen LogP contribution is -2.38. The molecule has 0 saturated carbocycles. The number of ether oxygens (including phenoxy) is 2. The summed E-state index contributed by atoms with van der Waals surface area (Å²) < 4.78 is 10.6. The summed E-state index contributed by atoms with van der Waals surface area (Å²) in [5.74, 6) is 0.965. The molecule has 0 aliphatic carbocycles. The molecule has 0 aliphatic heterocycles. The first-order valence-electron chi connectivity index (χ1n) is 10.2. The standard InChI is InChI=1S/C21H31N5O3S/c1-6-11-29-17-10-9-16(12-23-17)13-24-21(22-7-2)26-15(5)19-25-14(4)18(30-19)20(27)28-8-3/h9-10,12,15H,6-8,11,13H2,1-5H3,(H2,22,24,26). The topological polar surface area (TPSA) is 97.7 Å². The molecule has 2 aromatic heterocycles. The lowest BCUT2D eigenvalue weighted by molar-refractivity contribution is 0.0531. The van der Waals surface area contributed by atoms with Crippen molar-refractivity contribution in [1.29, 1.82) is 0 Å². The van der Waals surface area contributed by atoms with Gasteiger partial charge in [-0.15, -0.1) is 11.3 Å². The number of carbonyl (C=O) groups excluding carboxylic acids is 1. The molecule has 0 amide bonds. The van der Waals surface area contributed by atoms with Crippen molar-refractivity contribution in [1.82, 2.24) is 20.6 Å². The summed E-state index contributed by atoms with van der Waals surface area (Å²) >= 11 is 1.34. The second-order valence-corrected chi connectivity index (χ2v) is 7.63. The lowest BCUT2D eigenvalue weighted by Gasteiger charge is -2.16. The lowest BCUT2D eigenvalue weighted by atomic mass is 10.3. The van der Waals surface area contributed by atoms with E-state index in [-0.39, 0.29) is 12.0 Å². The number of carbonyl (C=O) groups is 1. The van der Waals surface area contributed by atoms with Crippen LogP contribution >= 0.6 is 11.3 Å². The molecule has 1 unspecified atom stereocenters. The molecular formula is C21H31N5O3S. The van der Waals surface area contributed by atoms with Crippen molar-refractivity contribution in [3.63, 3.8) is 0 Å². The van der Waals surface area contributed by atoms with Crippen LogP contribution in [0.4, 0.5) is 0 Å². The summed E-state index contributed by atoms with van der Waals surface area (Å²) in [6.07, 6.45) is 2.72. The molecule has 0 aliphatic rings. The van der Waals surface area contributed by atoms with E-state index in [2.05, 4.69) is 32.5 Å². The third kappa shape index (κ3) is 6.98. The number of nitrogens with one attached hydrogen (secondary N) is 2. The Kier molecular flexibility index (Phi) is 9.53. The van der Waals surface area contributed by atoms with Crippen LogP contribution in [0.25, 0.3) is 0 Å². The van der Waals surface area contributed by atoms with E-state index in [9.17, 15) is 4.79 Å². The van der Waals surface area contributed by atoms with Gasteiger partial charge in [0.2, 0.25) is 5.88 Å². The minimum Gasteiger partial charge on any atom is -0.478 e. The second kappa shape index (κ2) is 12.1. The molecule has 2 rings (SSSR count). The van der Waals surface area contributed by atoms with E-state index < -0.39 is 0 Å². The van der Waals surface area contributed by atoms with E-state index in [4.69, 9.17) is 9.47 Å². The predicted octanol–water partition coefficient (Wildman–Crippen LogP) is 3.63. The van der Waals surface area contributed by atoms with Crippen LogP contribution in [0.2, 0.25) is 0 Å². The van der Waals surface area contributed by atoms with Gasteiger partial charge in [0, 0.05) is 18.8 Å². The zero-order chi connectivity index (χ0) is 21.9. The van der Waals surface area contributed by atoms with Crippen LogP contribution in [0.15, 0.2) is 23.3 Å². The van der Waals surface area contributed by atoms with Crippen molar-refractivity contribution in [2.45, 2.75) is 53.6 Å². The highest BCUT2D eigenvalue weighted by Crippen LogP contribution is 2.24. The number of aromatic nitrogens is 2. The molecule has 0 aromatic carbocycles. The summed E-state index contributed by atoms with van der Waals surface area (Å²) in [7, 11) is 0. The molecule has 2 N–H and O–H groups in total. The van der Waals surface area contributed by atoms with Gasteiger partial charge < -0.3 is 20.1 Å². The molecule has 0 saturated heterocycles. The Hall–Kier alpha value is -2.68. The average Bonchev–Trinajstić information content (AvgIpc) is 3.13. The average molecular weight is 434 g/mol. The largest absolute Gasteiger partial charge is 0.478 e. The number of pyridine rings is 1. The Labute approximate surface area is 182 Å². The Morgan fingerprint density at radius 1 is 1.30 bits per heavy atom. The molecule has 0 bridgehead atoms. The van der Waals surface area contributed by atoms with Gasteiger partial charge in [-0.1, -0.05) is 13.0 Å². The summed E-state index contributed by atoms with van der Waals surface area (Å²) in [4.78, 5) is 26.1. The second-order valence-electron chi connectivity index (χ2n) is 6.60. The van der Waals surface area contributed by atoms with Gasteiger partial charge in [-0.2, -0.15) is 0 Å². The van der Waals surface area contributed by atoms with Crippen molar-refractivity contribution in [2.24, 2.45) is 4.99 Å². The maximum absolute atomic E-state index is 12.0. The van der Waals surface area contributed by atoms with E-state index in [0.29, 0.717) is 42.2 Å². The number of aliphatic imine (C=N–C) groups is 1. The smallest absolute Gasteiger partial charge is 0.350 e. The van der Waals surface area contributed by atoms with Gasteiger partial charge in [0.05, 0.1) is 31.5 Å². The van der Waals surface area contributed by atoms with Crippen LogP contribution in [0.3, 0.4) is 0 Å². The fourth-order valence-corrected chi connectivity index (χ4v) is 3.51. The summed E-state index contributed by atoms with van der Waals surface area (Å²) in [6.45, 7) is 11.9. The third-order valence-corrected chi connectivity index (χ3v) is 5.33. The SMILES string of the molecule is CCCOc1ccc(CN=C(NCC)NC(C)c2nc(C)c(C(=O)OCC)s2)cn1. The summed E-state index contributed by atoms with van der Waals surface area (Å²) in [5.41, 5.74) is 1.67. The fraction of sp³-hybridized carbons (Fsp3) is 0.524. The highest BCUT2D eigenvalue weighted by atomic mass is 32.1. The van der Waals surface area contributed by atoms with Crippen LogP contribution in [-0.4, -0.2) is 41.7 Å². The number of hydrogen-bond donors (Lipinski definition) is 2. The number of aryl methyl sites for hydroxylation is 1. The number of rotatable bonds is 10. The van der Waals surface area contributed by atoms with E-state index in [1.54, 1.807) is 13.1 Å². The summed E-state index contributed by atoms with van der Waals surface area (Å²) in [5, 5.41) is 7.39. The molecule has 8 nitrogen and oxygen atoms in total. The van der Waals surface area contributed by atoms with E-state index in [0.717, 1.165) is 23.5 Å². The number of hydrogen-bond acceptors (Lipinski definition) is 7. The van der Waals surface area contributed by atoms with Crippen molar-refractivity contribution >= 4 is 23.3 Å². The fourth-order valence-electron chi connectivity index (χ4n) is 2.54. The van der Waals surface area contributed by atoms with Gasteiger partial charge in [0.25, 0.3) is 0 Å². The van der Waals surface area contributed by atoms with Crippen molar-refractivity contribution < 1.29 is 14.3 Å². The van der Waals surface area contributed by atoms with Crippen LogP contribution in [0.5, 0.6) is 5.88 Å².